The van der Waals surface area contributed by atoms with Crippen molar-refractivity contribution in [1.29, 1.82) is 5.26 Å². The summed E-state index contributed by atoms with van der Waals surface area (Å²) < 4.78 is 11.3. The van der Waals surface area contributed by atoms with Crippen molar-refractivity contribution in [3.05, 3.63) is 35.9 Å². The molecule has 0 amide bonds. The fraction of sp³-hybridized carbons (Fsp3) is 0.588. The number of nitrogens with one attached hydrogen (secondary N) is 1. The molecular weight excluding hydrogens is 264 g/mol. The maximum Gasteiger partial charge on any atom is 0.155 e. The fourth-order valence-corrected chi connectivity index (χ4v) is 2.03. The van der Waals surface area contributed by atoms with Crippen LogP contribution in [0.5, 0.6) is 0 Å². The molecule has 0 saturated carbocycles. The molecule has 1 aromatic rings. The minimum Gasteiger partial charge on any atom is -0.376 e. The third kappa shape index (κ3) is 5.84. The highest BCUT2D eigenvalue weighted by Gasteiger charge is 2.31. The maximum absolute atomic E-state index is 9.62. The molecule has 0 saturated heterocycles. The number of hydrogen-bond acceptors (Lipinski definition) is 4. The first-order chi connectivity index (χ1) is 9.93. The summed E-state index contributed by atoms with van der Waals surface area (Å²) in [5, 5.41) is 12.9. The van der Waals surface area contributed by atoms with Crippen molar-refractivity contribution < 1.29 is 9.47 Å². The second-order valence-electron chi connectivity index (χ2n) is 5.93. The van der Waals surface area contributed by atoms with Crippen LogP contribution in [0.4, 0.5) is 0 Å². The third-order valence-electron chi connectivity index (χ3n) is 3.02. The average Bonchev–Trinajstić information content (AvgIpc) is 2.45. The average molecular weight is 290 g/mol. The summed E-state index contributed by atoms with van der Waals surface area (Å²) >= 11 is 0. The van der Waals surface area contributed by atoms with E-state index >= 15 is 0 Å². The Morgan fingerprint density at radius 3 is 2.33 bits per heavy atom. The number of nitriles is 1. The largest absolute Gasteiger partial charge is 0.376 e. The van der Waals surface area contributed by atoms with E-state index in [4.69, 9.17) is 9.47 Å². The second kappa shape index (κ2) is 8.14. The van der Waals surface area contributed by atoms with Gasteiger partial charge >= 0.3 is 0 Å². The van der Waals surface area contributed by atoms with E-state index in [0.717, 1.165) is 5.56 Å². The lowest BCUT2D eigenvalue weighted by Gasteiger charge is -2.28. The SMILES string of the molecule is CCNC(C#N)(COCCOC(C)(C)C)c1ccccc1. The maximum atomic E-state index is 9.62. The van der Waals surface area contributed by atoms with E-state index in [0.29, 0.717) is 26.4 Å². The van der Waals surface area contributed by atoms with Gasteiger partial charge < -0.3 is 9.47 Å². The van der Waals surface area contributed by atoms with Gasteiger partial charge in [0.15, 0.2) is 5.54 Å². The molecule has 4 heteroatoms. The van der Waals surface area contributed by atoms with Crippen LogP contribution < -0.4 is 5.32 Å². The number of hydrogen-bond donors (Lipinski definition) is 1. The van der Waals surface area contributed by atoms with Crippen molar-refractivity contribution in [2.75, 3.05) is 26.4 Å². The molecule has 4 nitrogen and oxygen atoms in total. The van der Waals surface area contributed by atoms with Crippen LogP contribution in [0.2, 0.25) is 0 Å². The summed E-state index contributed by atoms with van der Waals surface area (Å²) in [4.78, 5) is 0. The van der Waals surface area contributed by atoms with Crippen LogP contribution >= 0.6 is 0 Å². The summed E-state index contributed by atoms with van der Waals surface area (Å²) in [5.74, 6) is 0. The first kappa shape index (κ1) is 17.6. The van der Waals surface area contributed by atoms with Gasteiger partial charge in [0.05, 0.1) is 31.5 Å². The molecule has 1 unspecified atom stereocenters. The first-order valence-electron chi connectivity index (χ1n) is 7.37. The molecule has 0 spiro atoms. The van der Waals surface area contributed by atoms with E-state index in [-0.39, 0.29) is 5.60 Å². The molecule has 0 bridgehead atoms. The van der Waals surface area contributed by atoms with Crippen LogP contribution in [0.15, 0.2) is 30.3 Å². The van der Waals surface area contributed by atoms with Crippen LogP contribution in [0.25, 0.3) is 0 Å². The van der Waals surface area contributed by atoms with E-state index < -0.39 is 5.54 Å². The summed E-state index contributed by atoms with van der Waals surface area (Å²) in [6, 6.07) is 12.1. The highest BCUT2D eigenvalue weighted by Crippen LogP contribution is 2.21. The van der Waals surface area contributed by atoms with Gasteiger partial charge in [0.2, 0.25) is 0 Å². The van der Waals surface area contributed by atoms with Gasteiger partial charge in [-0.3, -0.25) is 5.32 Å². The molecular formula is C17H26N2O2. The molecule has 0 heterocycles. The van der Waals surface area contributed by atoms with Crippen LogP contribution in [-0.2, 0) is 15.0 Å². The molecule has 0 fully saturated rings. The molecule has 0 radical (unpaired) electrons. The standard InChI is InChI=1S/C17H26N2O2/c1-5-19-17(13-18,15-9-7-6-8-10-15)14-20-11-12-21-16(2,3)4/h6-10,19H,5,11-12,14H2,1-4H3. The van der Waals surface area contributed by atoms with Gasteiger partial charge in [0.1, 0.15) is 0 Å². The number of nitrogens with zero attached hydrogens (tertiary/aromatic N) is 1. The van der Waals surface area contributed by atoms with E-state index in [9.17, 15) is 5.26 Å². The Bertz CT molecular complexity index is 448. The number of likely N-dealkylation sites (N-methyl/N-ethyl adjacent to an activating group) is 1. The molecule has 0 aromatic heterocycles. The van der Waals surface area contributed by atoms with E-state index in [2.05, 4.69) is 11.4 Å². The fourth-order valence-electron chi connectivity index (χ4n) is 2.03. The number of rotatable bonds is 8. The lowest BCUT2D eigenvalue weighted by Crippen LogP contribution is -2.45. The van der Waals surface area contributed by atoms with Gasteiger partial charge in [0, 0.05) is 0 Å². The van der Waals surface area contributed by atoms with Gasteiger partial charge in [0.25, 0.3) is 0 Å². The molecule has 1 aromatic carbocycles. The lowest BCUT2D eigenvalue weighted by atomic mass is 9.92. The molecule has 21 heavy (non-hydrogen) atoms. The van der Waals surface area contributed by atoms with Gasteiger partial charge in [-0.25, -0.2) is 0 Å². The summed E-state index contributed by atoms with van der Waals surface area (Å²) in [6.45, 7) is 10.0. The predicted octanol–water partition coefficient (Wildman–Crippen LogP) is 2.85. The highest BCUT2D eigenvalue weighted by molar-refractivity contribution is 5.31. The Morgan fingerprint density at radius 2 is 1.81 bits per heavy atom. The molecule has 116 valence electrons. The van der Waals surface area contributed by atoms with Crippen molar-refractivity contribution in [2.45, 2.75) is 38.8 Å². The quantitative estimate of drug-likeness (QED) is 0.748. The molecule has 0 aliphatic heterocycles. The summed E-state index contributed by atoms with van der Waals surface area (Å²) in [6.07, 6.45) is 0. The molecule has 1 atom stereocenters. The Labute approximate surface area is 128 Å². The zero-order chi connectivity index (χ0) is 15.8. The minimum atomic E-state index is -0.808. The van der Waals surface area contributed by atoms with Gasteiger partial charge in [-0.05, 0) is 32.9 Å². The van der Waals surface area contributed by atoms with E-state index in [1.165, 1.54) is 0 Å². The van der Waals surface area contributed by atoms with Crippen LogP contribution in [0.1, 0.15) is 33.3 Å². The van der Waals surface area contributed by atoms with Crippen LogP contribution in [0.3, 0.4) is 0 Å². The Morgan fingerprint density at radius 1 is 1.14 bits per heavy atom. The van der Waals surface area contributed by atoms with Crippen LogP contribution in [0, 0.1) is 11.3 Å². The molecule has 0 aliphatic rings. The number of ether oxygens (including phenoxy) is 2. The van der Waals surface area contributed by atoms with Crippen molar-refractivity contribution >= 4 is 0 Å². The minimum absolute atomic E-state index is 0.170. The van der Waals surface area contributed by atoms with Crippen LogP contribution in [-0.4, -0.2) is 32.0 Å². The molecule has 1 rings (SSSR count). The second-order valence-corrected chi connectivity index (χ2v) is 5.93. The topological polar surface area (TPSA) is 54.3 Å². The Balaban J connectivity index is 2.62. The smallest absolute Gasteiger partial charge is 0.155 e. The zero-order valence-electron chi connectivity index (χ0n) is 13.5. The van der Waals surface area contributed by atoms with Gasteiger partial charge in [-0.1, -0.05) is 37.3 Å². The zero-order valence-corrected chi connectivity index (χ0v) is 13.5. The van der Waals surface area contributed by atoms with E-state index in [1.807, 2.05) is 58.0 Å². The summed E-state index contributed by atoms with van der Waals surface area (Å²) in [5.41, 5.74) is -0.0554. The molecule has 1 N–H and O–H groups in total. The first-order valence-corrected chi connectivity index (χ1v) is 7.37. The molecule has 0 aliphatic carbocycles. The predicted molar refractivity (Wildman–Crippen MR) is 83.9 cm³/mol. The van der Waals surface area contributed by atoms with Gasteiger partial charge in [-0.15, -0.1) is 0 Å². The lowest BCUT2D eigenvalue weighted by molar-refractivity contribution is -0.0405. The van der Waals surface area contributed by atoms with Crippen molar-refractivity contribution in [1.82, 2.24) is 5.32 Å². The normalized spacial score (nSPS) is 14.4. The monoisotopic (exact) mass is 290 g/mol. The highest BCUT2D eigenvalue weighted by atomic mass is 16.5. The van der Waals surface area contributed by atoms with Crippen molar-refractivity contribution in [2.24, 2.45) is 0 Å². The third-order valence-corrected chi connectivity index (χ3v) is 3.02. The number of benzene rings is 1. The Kier molecular flexibility index (Phi) is 6.83. The van der Waals surface area contributed by atoms with Crippen molar-refractivity contribution in [3.8, 4) is 6.07 Å². The van der Waals surface area contributed by atoms with Crippen molar-refractivity contribution in [3.63, 3.8) is 0 Å². The summed E-state index contributed by atoms with van der Waals surface area (Å²) in [7, 11) is 0. The van der Waals surface area contributed by atoms with Gasteiger partial charge in [-0.2, -0.15) is 5.26 Å². The van der Waals surface area contributed by atoms with E-state index in [1.54, 1.807) is 0 Å². The Hall–Kier alpha value is -1.41.